The monoisotopic (exact) mass is 354 g/mol. The molecule has 134 valence electrons. The van der Waals surface area contributed by atoms with Gasteiger partial charge in [-0.1, -0.05) is 18.2 Å². The summed E-state index contributed by atoms with van der Waals surface area (Å²) >= 11 is 0. The molecule has 26 heavy (non-hydrogen) atoms. The van der Waals surface area contributed by atoms with Crippen molar-refractivity contribution < 1.29 is 19.1 Å². The second-order valence-electron chi connectivity index (χ2n) is 6.65. The first-order valence-corrected chi connectivity index (χ1v) is 8.75. The number of hydrogen-bond donors (Lipinski definition) is 1. The van der Waals surface area contributed by atoms with Crippen LogP contribution < -0.4 is 4.90 Å². The Morgan fingerprint density at radius 3 is 2.69 bits per heavy atom. The molecule has 1 atom stereocenters. The number of hydrogen-bond acceptors (Lipinski definition) is 3. The molecule has 0 radical (unpaired) electrons. The van der Waals surface area contributed by atoms with Gasteiger partial charge < -0.3 is 14.9 Å². The highest BCUT2D eigenvalue weighted by Crippen LogP contribution is 2.33. The van der Waals surface area contributed by atoms with Crippen LogP contribution in [0.25, 0.3) is 0 Å². The lowest BCUT2D eigenvalue weighted by Crippen LogP contribution is -2.47. The van der Waals surface area contributed by atoms with Crippen LogP contribution in [0.3, 0.4) is 0 Å². The maximum atomic E-state index is 13.9. The molecule has 1 saturated heterocycles. The van der Waals surface area contributed by atoms with Crippen LogP contribution in [-0.4, -0.2) is 41.0 Å². The summed E-state index contributed by atoms with van der Waals surface area (Å²) in [6.07, 6.45) is 1.77. The molecule has 2 heterocycles. The number of aromatic hydroxyl groups is 1. The Morgan fingerprint density at radius 1 is 1.08 bits per heavy atom. The number of fused-ring (bicyclic) bond motifs is 1. The summed E-state index contributed by atoms with van der Waals surface area (Å²) in [5.74, 6) is -0.927. The predicted molar refractivity (Wildman–Crippen MR) is 94.6 cm³/mol. The lowest BCUT2D eigenvalue weighted by molar-refractivity contribution is -0.122. The van der Waals surface area contributed by atoms with Crippen LogP contribution >= 0.6 is 0 Å². The van der Waals surface area contributed by atoms with Gasteiger partial charge in [-0.05, 0) is 43.5 Å². The summed E-state index contributed by atoms with van der Waals surface area (Å²) in [5.41, 5.74) is 1.34. The zero-order valence-electron chi connectivity index (χ0n) is 14.2. The van der Waals surface area contributed by atoms with Crippen molar-refractivity contribution in [3.05, 3.63) is 59.4 Å². The van der Waals surface area contributed by atoms with Gasteiger partial charge >= 0.3 is 0 Å². The minimum Gasteiger partial charge on any atom is -0.507 e. The van der Waals surface area contributed by atoms with Crippen LogP contribution in [-0.2, 0) is 11.2 Å². The van der Waals surface area contributed by atoms with Crippen molar-refractivity contribution in [3.63, 3.8) is 0 Å². The average molecular weight is 354 g/mol. The summed E-state index contributed by atoms with van der Waals surface area (Å²) in [5, 5.41) is 9.95. The third-order valence-corrected chi connectivity index (χ3v) is 5.17. The van der Waals surface area contributed by atoms with E-state index in [9.17, 15) is 19.1 Å². The van der Waals surface area contributed by atoms with E-state index < -0.39 is 6.04 Å². The SMILES string of the molecule is O=C(C1CCCN1C(=O)c1ccccc1O)N1CCc2c(F)cccc21. The number of likely N-dealkylation sites (tertiary alicyclic amines) is 1. The standard InChI is InChI=1S/C20H19FN2O3/c21-15-6-3-7-16-13(15)10-12-23(16)20(26)17-8-4-11-22(17)19(25)14-5-1-2-9-18(14)24/h1-3,5-7,9,17,24H,4,8,10-12H2. The number of halogens is 1. The number of nitrogens with zero attached hydrogens (tertiary/aromatic N) is 2. The molecule has 5 nitrogen and oxygen atoms in total. The number of benzene rings is 2. The molecule has 4 rings (SSSR count). The Morgan fingerprint density at radius 2 is 1.88 bits per heavy atom. The molecule has 0 aliphatic carbocycles. The Kier molecular flexibility index (Phi) is 4.11. The van der Waals surface area contributed by atoms with Crippen molar-refractivity contribution in [1.82, 2.24) is 4.90 Å². The number of phenolic OH excluding ortho intramolecular Hbond substituents is 1. The van der Waals surface area contributed by atoms with E-state index in [1.54, 1.807) is 35.2 Å². The van der Waals surface area contributed by atoms with Crippen molar-refractivity contribution in [1.29, 1.82) is 0 Å². The van der Waals surface area contributed by atoms with Crippen LogP contribution in [0.15, 0.2) is 42.5 Å². The Labute approximate surface area is 150 Å². The smallest absolute Gasteiger partial charge is 0.258 e. The number of carbonyl (C=O) groups is 2. The van der Waals surface area contributed by atoms with Crippen LogP contribution in [0.4, 0.5) is 10.1 Å². The van der Waals surface area contributed by atoms with Gasteiger partial charge in [-0.3, -0.25) is 9.59 Å². The number of phenols is 1. The van der Waals surface area contributed by atoms with Crippen molar-refractivity contribution in [3.8, 4) is 5.75 Å². The fourth-order valence-electron chi connectivity index (χ4n) is 3.88. The molecule has 2 aliphatic heterocycles. The van der Waals surface area contributed by atoms with Crippen molar-refractivity contribution in [2.24, 2.45) is 0 Å². The van der Waals surface area contributed by atoms with Crippen LogP contribution in [0, 0.1) is 5.82 Å². The molecular weight excluding hydrogens is 335 g/mol. The second kappa shape index (κ2) is 6.44. The topological polar surface area (TPSA) is 60.9 Å². The maximum Gasteiger partial charge on any atom is 0.258 e. The van der Waals surface area contributed by atoms with E-state index in [0.717, 1.165) is 6.42 Å². The first-order valence-electron chi connectivity index (χ1n) is 8.75. The molecule has 2 aromatic rings. The van der Waals surface area contributed by atoms with E-state index in [0.29, 0.717) is 37.2 Å². The minimum atomic E-state index is -0.587. The van der Waals surface area contributed by atoms with E-state index in [1.165, 1.54) is 17.0 Å². The van der Waals surface area contributed by atoms with Crippen molar-refractivity contribution in [2.75, 3.05) is 18.0 Å². The van der Waals surface area contributed by atoms with Crippen molar-refractivity contribution >= 4 is 17.5 Å². The zero-order valence-corrected chi connectivity index (χ0v) is 14.2. The van der Waals surface area contributed by atoms with Crippen LogP contribution in [0.1, 0.15) is 28.8 Å². The van der Waals surface area contributed by atoms with Gasteiger partial charge in [0.25, 0.3) is 5.91 Å². The maximum absolute atomic E-state index is 13.9. The van der Waals surface area contributed by atoms with Gasteiger partial charge in [-0.15, -0.1) is 0 Å². The fraction of sp³-hybridized carbons (Fsp3) is 0.300. The van der Waals surface area contributed by atoms with Crippen LogP contribution in [0.2, 0.25) is 0 Å². The summed E-state index contributed by atoms with van der Waals surface area (Å²) in [4.78, 5) is 29.0. The highest BCUT2D eigenvalue weighted by molar-refractivity contribution is 6.04. The third-order valence-electron chi connectivity index (χ3n) is 5.17. The summed E-state index contributed by atoms with van der Waals surface area (Å²) in [6.45, 7) is 0.887. The molecule has 0 bridgehead atoms. The van der Waals surface area contributed by atoms with E-state index >= 15 is 0 Å². The zero-order chi connectivity index (χ0) is 18.3. The Bertz CT molecular complexity index is 883. The predicted octanol–water partition coefficient (Wildman–Crippen LogP) is 2.73. The van der Waals surface area contributed by atoms with Gasteiger partial charge in [-0.25, -0.2) is 4.39 Å². The van der Waals surface area contributed by atoms with Gasteiger partial charge in [0.1, 0.15) is 17.6 Å². The first-order chi connectivity index (χ1) is 12.6. The van der Waals surface area contributed by atoms with E-state index in [2.05, 4.69) is 0 Å². The molecule has 2 aromatic carbocycles. The molecule has 1 unspecified atom stereocenters. The summed E-state index contributed by atoms with van der Waals surface area (Å²) in [6, 6.07) is 10.5. The second-order valence-corrected chi connectivity index (χ2v) is 6.65. The molecule has 0 aromatic heterocycles. The summed E-state index contributed by atoms with van der Waals surface area (Å²) < 4.78 is 13.9. The lowest BCUT2D eigenvalue weighted by atomic mass is 10.1. The largest absolute Gasteiger partial charge is 0.507 e. The highest BCUT2D eigenvalue weighted by atomic mass is 19.1. The highest BCUT2D eigenvalue weighted by Gasteiger charge is 2.39. The normalized spacial score (nSPS) is 18.9. The van der Waals surface area contributed by atoms with Gasteiger partial charge in [0.05, 0.1) is 5.56 Å². The number of anilines is 1. The minimum absolute atomic E-state index is 0.0933. The first kappa shape index (κ1) is 16.6. The lowest BCUT2D eigenvalue weighted by Gasteiger charge is -2.28. The molecule has 1 fully saturated rings. The Balaban J connectivity index is 1.60. The quantitative estimate of drug-likeness (QED) is 0.902. The summed E-state index contributed by atoms with van der Waals surface area (Å²) in [7, 11) is 0. The molecule has 0 spiro atoms. The number of amides is 2. The number of carbonyl (C=O) groups excluding carboxylic acids is 2. The molecule has 2 amide bonds. The van der Waals surface area contributed by atoms with Gasteiger partial charge in [0.15, 0.2) is 0 Å². The Hall–Kier alpha value is -2.89. The van der Waals surface area contributed by atoms with Gasteiger partial charge in [0.2, 0.25) is 5.91 Å². The van der Waals surface area contributed by atoms with Gasteiger partial charge in [0, 0.05) is 24.3 Å². The van der Waals surface area contributed by atoms with Crippen LogP contribution in [0.5, 0.6) is 5.75 Å². The fourth-order valence-corrected chi connectivity index (χ4v) is 3.88. The van der Waals surface area contributed by atoms with Gasteiger partial charge in [-0.2, -0.15) is 0 Å². The van der Waals surface area contributed by atoms with E-state index in [4.69, 9.17) is 0 Å². The number of para-hydroxylation sites is 1. The average Bonchev–Trinajstić information content (AvgIpc) is 3.29. The number of rotatable bonds is 2. The molecule has 2 aliphatic rings. The van der Waals surface area contributed by atoms with E-state index in [1.807, 2.05) is 0 Å². The molecule has 1 N–H and O–H groups in total. The molecular formula is C20H19FN2O3. The van der Waals surface area contributed by atoms with E-state index in [-0.39, 0.29) is 28.9 Å². The van der Waals surface area contributed by atoms with Crippen molar-refractivity contribution in [2.45, 2.75) is 25.3 Å². The third kappa shape index (κ3) is 2.62. The molecule has 6 heteroatoms. The molecule has 0 saturated carbocycles.